The lowest BCUT2D eigenvalue weighted by Crippen LogP contribution is -2.11. The molecule has 0 amide bonds. The number of hydrogen-bond donors (Lipinski definition) is 0. The third kappa shape index (κ3) is 1.52. The Labute approximate surface area is 88.0 Å². The Morgan fingerprint density at radius 1 is 1.13 bits per heavy atom. The second-order valence-corrected chi connectivity index (χ2v) is 3.77. The molecule has 4 nitrogen and oxygen atoms in total. The lowest BCUT2D eigenvalue weighted by molar-refractivity contribution is 0.480. The van der Waals surface area contributed by atoms with E-state index in [1.807, 2.05) is 16.8 Å². The summed E-state index contributed by atoms with van der Waals surface area (Å²) in [5, 5.41) is 4.50. The minimum absolute atomic E-state index is 0.828. The van der Waals surface area contributed by atoms with Crippen LogP contribution in [0.4, 0.5) is 0 Å². The quantitative estimate of drug-likeness (QED) is 0.703. The molecular formula is C11H12N4. The van der Waals surface area contributed by atoms with Crippen LogP contribution in [0.25, 0.3) is 11.4 Å². The van der Waals surface area contributed by atoms with Crippen molar-refractivity contribution in [2.45, 2.75) is 25.8 Å². The minimum Gasteiger partial charge on any atom is -0.265 e. The number of pyridine rings is 1. The molecule has 2 aromatic heterocycles. The fourth-order valence-electron chi connectivity index (χ4n) is 1.91. The van der Waals surface area contributed by atoms with Crippen LogP contribution in [0.5, 0.6) is 0 Å². The molecule has 15 heavy (non-hydrogen) atoms. The highest BCUT2D eigenvalue weighted by atomic mass is 15.3. The van der Waals surface area contributed by atoms with Gasteiger partial charge in [-0.25, -0.2) is 9.67 Å². The molecule has 0 saturated carbocycles. The van der Waals surface area contributed by atoms with Crippen LogP contribution in [-0.4, -0.2) is 19.7 Å². The van der Waals surface area contributed by atoms with E-state index in [2.05, 4.69) is 15.1 Å². The topological polar surface area (TPSA) is 43.6 Å². The maximum absolute atomic E-state index is 4.55. The highest BCUT2D eigenvalue weighted by Crippen LogP contribution is 2.18. The Bertz CT molecular complexity index is 437. The molecule has 3 rings (SSSR count). The number of fused-ring (bicyclic) bond motifs is 1. The standard InChI is InChI=1S/C11H12N4/c1-2-8-15-10(3-1)13-11(14-15)9-4-6-12-7-5-9/h4-7H,1-3,8H2. The van der Waals surface area contributed by atoms with E-state index in [9.17, 15) is 0 Å². The van der Waals surface area contributed by atoms with Crippen molar-refractivity contribution in [1.82, 2.24) is 19.7 Å². The third-order valence-electron chi connectivity index (χ3n) is 2.71. The van der Waals surface area contributed by atoms with E-state index in [4.69, 9.17) is 0 Å². The molecule has 1 aliphatic heterocycles. The first kappa shape index (κ1) is 8.59. The van der Waals surface area contributed by atoms with Crippen LogP contribution in [0.1, 0.15) is 18.7 Å². The molecule has 2 aromatic rings. The molecule has 1 aliphatic rings. The highest BCUT2D eigenvalue weighted by molar-refractivity contribution is 5.53. The molecule has 0 spiro atoms. The molecule has 0 radical (unpaired) electrons. The van der Waals surface area contributed by atoms with Gasteiger partial charge in [-0.1, -0.05) is 0 Å². The van der Waals surface area contributed by atoms with Gasteiger partial charge in [-0.3, -0.25) is 4.98 Å². The Hall–Kier alpha value is -1.71. The second-order valence-electron chi connectivity index (χ2n) is 3.77. The summed E-state index contributed by atoms with van der Waals surface area (Å²) >= 11 is 0. The number of aryl methyl sites for hydroxylation is 2. The van der Waals surface area contributed by atoms with E-state index < -0.39 is 0 Å². The van der Waals surface area contributed by atoms with Crippen LogP contribution in [0.3, 0.4) is 0 Å². The van der Waals surface area contributed by atoms with Gasteiger partial charge < -0.3 is 0 Å². The van der Waals surface area contributed by atoms with Gasteiger partial charge in [-0.2, -0.15) is 5.10 Å². The summed E-state index contributed by atoms with van der Waals surface area (Å²) in [4.78, 5) is 8.54. The van der Waals surface area contributed by atoms with Crippen molar-refractivity contribution in [3.63, 3.8) is 0 Å². The number of nitrogens with zero attached hydrogens (tertiary/aromatic N) is 4. The van der Waals surface area contributed by atoms with Gasteiger partial charge in [0, 0.05) is 30.9 Å². The molecule has 0 atom stereocenters. The van der Waals surface area contributed by atoms with Crippen molar-refractivity contribution < 1.29 is 0 Å². The molecule has 76 valence electrons. The predicted octanol–water partition coefficient (Wildman–Crippen LogP) is 1.68. The molecule has 0 unspecified atom stereocenters. The summed E-state index contributed by atoms with van der Waals surface area (Å²) in [6.45, 7) is 1.01. The second kappa shape index (κ2) is 3.46. The van der Waals surface area contributed by atoms with Gasteiger partial charge in [0.2, 0.25) is 0 Å². The molecule has 0 aromatic carbocycles. The first-order chi connectivity index (χ1) is 7.43. The molecule has 3 heterocycles. The third-order valence-corrected chi connectivity index (χ3v) is 2.71. The van der Waals surface area contributed by atoms with Crippen molar-refractivity contribution in [1.29, 1.82) is 0 Å². The molecular weight excluding hydrogens is 188 g/mol. The van der Waals surface area contributed by atoms with E-state index in [0.717, 1.165) is 30.2 Å². The average Bonchev–Trinajstić information content (AvgIpc) is 2.74. The van der Waals surface area contributed by atoms with E-state index in [-0.39, 0.29) is 0 Å². The smallest absolute Gasteiger partial charge is 0.181 e. The van der Waals surface area contributed by atoms with Crippen molar-refractivity contribution >= 4 is 0 Å². The van der Waals surface area contributed by atoms with Crippen LogP contribution < -0.4 is 0 Å². The first-order valence-electron chi connectivity index (χ1n) is 5.27. The SMILES string of the molecule is c1cc(-c2nc3n(n2)CCCC3)ccn1. The summed E-state index contributed by atoms with van der Waals surface area (Å²) in [6.07, 6.45) is 7.05. The highest BCUT2D eigenvalue weighted by Gasteiger charge is 2.14. The fraction of sp³-hybridized carbons (Fsp3) is 0.364. The van der Waals surface area contributed by atoms with E-state index in [1.165, 1.54) is 12.8 Å². The molecule has 0 bridgehead atoms. The Morgan fingerprint density at radius 2 is 2.00 bits per heavy atom. The minimum atomic E-state index is 0.828. The maximum atomic E-state index is 4.55. The largest absolute Gasteiger partial charge is 0.265 e. The van der Waals surface area contributed by atoms with Gasteiger partial charge in [0.05, 0.1) is 0 Å². The summed E-state index contributed by atoms with van der Waals surface area (Å²) in [6, 6.07) is 3.89. The number of aromatic nitrogens is 4. The van der Waals surface area contributed by atoms with Gasteiger partial charge in [0.1, 0.15) is 5.82 Å². The van der Waals surface area contributed by atoms with Crippen LogP contribution in [0.2, 0.25) is 0 Å². The maximum Gasteiger partial charge on any atom is 0.181 e. The van der Waals surface area contributed by atoms with Crippen LogP contribution in [-0.2, 0) is 13.0 Å². The zero-order chi connectivity index (χ0) is 10.1. The normalized spacial score (nSPS) is 14.9. The van der Waals surface area contributed by atoms with Crippen LogP contribution in [0, 0.1) is 0 Å². The summed E-state index contributed by atoms with van der Waals surface area (Å²) in [5.41, 5.74) is 1.05. The summed E-state index contributed by atoms with van der Waals surface area (Å²) in [5.74, 6) is 1.95. The molecule has 0 aliphatic carbocycles. The van der Waals surface area contributed by atoms with Crippen molar-refractivity contribution in [3.05, 3.63) is 30.4 Å². The van der Waals surface area contributed by atoms with Gasteiger partial charge >= 0.3 is 0 Å². The summed E-state index contributed by atoms with van der Waals surface area (Å²) in [7, 11) is 0. The average molecular weight is 200 g/mol. The van der Waals surface area contributed by atoms with E-state index >= 15 is 0 Å². The van der Waals surface area contributed by atoms with Crippen LogP contribution >= 0.6 is 0 Å². The molecule has 0 fully saturated rings. The van der Waals surface area contributed by atoms with Crippen molar-refractivity contribution in [2.75, 3.05) is 0 Å². The Kier molecular flexibility index (Phi) is 1.98. The fourth-order valence-corrected chi connectivity index (χ4v) is 1.91. The Balaban J connectivity index is 2.03. The van der Waals surface area contributed by atoms with Crippen molar-refractivity contribution in [2.24, 2.45) is 0 Å². The number of hydrogen-bond acceptors (Lipinski definition) is 3. The van der Waals surface area contributed by atoms with Gasteiger partial charge in [0.25, 0.3) is 0 Å². The van der Waals surface area contributed by atoms with E-state index in [0.29, 0.717) is 0 Å². The predicted molar refractivity (Wildman–Crippen MR) is 56.2 cm³/mol. The van der Waals surface area contributed by atoms with Gasteiger partial charge in [-0.15, -0.1) is 0 Å². The van der Waals surface area contributed by atoms with Crippen molar-refractivity contribution in [3.8, 4) is 11.4 Å². The monoisotopic (exact) mass is 200 g/mol. The molecule has 0 N–H and O–H groups in total. The summed E-state index contributed by atoms with van der Waals surface area (Å²) < 4.78 is 2.03. The lowest BCUT2D eigenvalue weighted by atomic mass is 10.2. The van der Waals surface area contributed by atoms with Crippen LogP contribution in [0.15, 0.2) is 24.5 Å². The zero-order valence-corrected chi connectivity index (χ0v) is 8.43. The van der Waals surface area contributed by atoms with E-state index in [1.54, 1.807) is 12.4 Å². The Morgan fingerprint density at radius 3 is 2.80 bits per heavy atom. The molecule has 0 saturated heterocycles. The van der Waals surface area contributed by atoms with Gasteiger partial charge in [-0.05, 0) is 25.0 Å². The first-order valence-corrected chi connectivity index (χ1v) is 5.27. The lowest BCUT2D eigenvalue weighted by Gasteiger charge is -2.09. The molecule has 4 heteroatoms. The zero-order valence-electron chi connectivity index (χ0n) is 8.43. The number of rotatable bonds is 1. The van der Waals surface area contributed by atoms with Gasteiger partial charge in [0.15, 0.2) is 5.82 Å².